The summed E-state index contributed by atoms with van der Waals surface area (Å²) in [6.07, 6.45) is 1.07. The largest absolute Gasteiger partial charge is 0.334 e. The molecule has 1 aromatic carbocycles. The second kappa shape index (κ2) is 6.53. The van der Waals surface area contributed by atoms with Crippen molar-refractivity contribution in [1.29, 1.82) is 5.26 Å². The summed E-state index contributed by atoms with van der Waals surface area (Å²) in [5.41, 5.74) is 0.261. The molecule has 0 aliphatic heterocycles. The Morgan fingerprint density at radius 1 is 1.50 bits per heavy atom. The predicted octanol–water partition coefficient (Wildman–Crippen LogP) is 3.78. The van der Waals surface area contributed by atoms with Crippen LogP contribution in [-0.2, 0) is 5.75 Å². The van der Waals surface area contributed by atoms with Crippen molar-refractivity contribution < 1.29 is 8.91 Å². The van der Waals surface area contributed by atoms with E-state index in [4.69, 9.17) is 9.78 Å². The van der Waals surface area contributed by atoms with E-state index in [1.807, 2.05) is 6.07 Å². The van der Waals surface area contributed by atoms with Crippen LogP contribution in [0.5, 0.6) is 0 Å². The zero-order valence-corrected chi connectivity index (χ0v) is 12.1. The van der Waals surface area contributed by atoms with Crippen LogP contribution in [0.1, 0.15) is 31.7 Å². The Morgan fingerprint density at radius 2 is 2.30 bits per heavy atom. The van der Waals surface area contributed by atoms with Crippen LogP contribution in [0, 0.1) is 17.1 Å². The van der Waals surface area contributed by atoms with E-state index in [1.165, 1.54) is 12.1 Å². The van der Waals surface area contributed by atoms with Gasteiger partial charge in [0.1, 0.15) is 17.4 Å². The summed E-state index contributed by atoms with van der Waals surface area (Å²) in [6, 6.07) is 6.17. The smallest absolute Gasteiger partial charge is 0.259 e. The number of rotatable bonds is 5. The number of benzene rings is 1. The van der Waals surface area contributed by atoms with Gasteiger partial charge in [-0.15, -0.1) is 0 Å². The lowest BCUT2D eigenvalue weighted by atomic mass is 10.1. The topological polar surface area (TPSA) is 62.7 Å². The van der Waals surface area contributed by atoms with Gasteiger partial charge in [0.2, 0.25) is 0 Å². The molecule has 6 heteroatoms. The maximum absolute atomic E-state index is 13.5. The lowest BCUT2D eigenvalue weighted by molar-refractivity contribution is 0.424. The molecular formula is C14H14FN3OS. The van der Waals surface area contributed by atoms with Crippen LogP contribution < -0.4 is 0 Å². The van der Waals surface area contributed by atoms with E-state index in [0.29, 0.717) is 22.4 Å². The molecule has 0 radical (unpaired) electrons. The molecule has 0 N–H and O–H groups in total. The third kappa shape index (κ3) is 3.17. The number of nitriles is 1. The molecule has 0 amide bonds. The summed E-state index contributed by atoms with van der Waals surface area (Å²) in [6.45, 7) is 4.25. The van der Waals surface area contributed by atoms with E-state index in [1.54, 1.807) is 17.8 Å². The highest BCUT2D eigenvalue weighted by Crippen LogP contribution is 2.25. The zero-order valence-electron chi connectivity index (χ0n) is 11.3. The predicted molar refractivity (Wildman–Crippen MR) is 75.5 cm³/mol. The second-order valence-electron chi connectivity index (χ2n) is 4.32. The summed E-state index contributed by atoms with van der Waals surface area (Å²) in [4.78, 5) is 4.22. The standard InChI is InChI=1S/C14H14FN3OS/c1-3-9(2)20-8-13-17-14(19-18-13)10-5-4-6-12(15)11(10)7-16/h4-6,9H,3,8H2,1-2H3. The lowest BCUT2D eigenvalue weighted by Crippen LogP contribution is -1.95. The minimum absolute atomic E-state index is 0.0720. The minimum Gasteiger partial charge on any atom is -0.334 e. The number of halogens is 1. The van der Waals surface area contributed by atoms with Crippen molar-refractivity contribution in [2.75, 3.05) is 0 Å². The molecule has 1 atom stereocenters. The molecule has 104 valence electrons. The van der Waals surface area contributed by atoms with Gasteiger partial charge >= 0.3 is 0 Å². The molecule has 0 bridgehead atoms. The van der Waals surface area contributed by atoms with Crippen molar-refractivity contribution >= 4 is 11.8 Å². The number of nitrogens with zero attached hydrogens (tertiary/aromatic N) is 3. The molecule has 0 aliphatic rings. The minimum atomic E-state index is -0.585. The van der Waals surface area contributed by atoms with Gasteiger partial charge in [-0.2, -0.15) is 22.0 Å². The van der Waals surface area contributed by atoms with Crippen LogP contribution in [0.25, 0.3) is 11.5 Å². The fourth-order valence-corrected chi connectivity index (χ4v) is 2.36. The molecule has 0 saturated heterocycles. The molecule has 2 rings (SSSR count). The van der Waals surface area contributed by atoms with Crippen molar-refractivity contribution in [2.24, 2.45) is 0 Å². The van der Waals surface area contributed by atoms with E-state index >= 15 is 0 Å². The Bertz CT molecular complexity index is 636. The maximum Gasteiger partial charge on any atom is 0.259 e. The van der Waals surface area contributed by atoms with Crippen molar-refractivity contribution in [3.63, 3.8) is 0 Å². The zero-order chi connectivity index (χ0) is 14.5. The first kappa shape index (κ1) is 14.5. The Kier molecular flexibility index (Phi) is 4.74. The Labute approximate surface area is 121 Å². The van der Waals surface area contributed by atoms with Crippen molar-refractivity contribution in [3.05, 3.63) is 35.4 Å². The number of aromatic nitrogens is 2. The van der Waals surface area contributed by atoms with Crippen LogP contribution >= 0.6 is 11.8 Å². The third-order valence-corrected chi connectivity index (χ3v) is 4.22. The van der Waals surface area contributed by atoms with Crippen LogP contribution in [0.2, 0.25) is 0 Å². The second-order valence-corrected chi connectivity index (χ2v) is 5.75. The summed E-state index contributed by atoms with van der Waals surface area (Å²) in [5.74, 6) is 0.786. The van der Waals surface area contributed by atoms with Gasteiger partial charge in [0.05, 0.1) is 11.3 Å². The summed E-state index contributed by atoms with van der Waals surface area (Å²) in [7, 11) is 0. The first-order valence-electron chi connectivity index (χ1n) is 6.28. The molecule has 1 aromatic heterocycles. The molecule has 0 fully saturated rings. The van der Waals surface area contributed by atoms with Crippen LogP contribution in [0.4, 0.5) is 4.39 Å². The molecule has 0 spiro atoms. The van der Waals surface area contributed by atoms with Gasteiger partial charge in [-0.1, -0.05) is 25.1 Å². The van der Waals surface area contributed by atoms with Crippen molar-refractivity contribution in [2.45, 2.75) is 31.3 Å². The lowest BCUT2D eigenvalue weighted by Gasteiger charge is -2.04. The van der Waals surface area contributed by atoms with Crippen LogP contribution in [0.3, 0.4) is 0 Å². The van der Waals surface area contributed by atoms with E-state index in [-0.39, 0.29) is 11.5 Å². The van der Waals surface area contributed by atoms with E-state index in [2.05, 4.69) is 24.0 Å². The Balaban J connectivity index is 2.21. The summed E-state index contributed by atoms with van der Waals surface area (Å²) in [5, 5.41) is 13.4. The van der Waals surface area contributed by atoms with Gasteiger partial charge in [0.15, 0.2) is 5.82 Å². The highest BCUT2D eigenvalue weighted by atomic mass is 32.2. The van der Waals surface area contributed by atoms with Crippen LogP contribution in [0.15, 0.2) is 22.7 Å². The van der Waals surface area contributed by atoms with E-state index in [9.17, 15) is 4.39 Å². The van der Waals surface area contributed by atoms with Crippen molar-refractivity contribution in [3.8, 4) is 17.5 Å². The van der Waals surface area contributed by atoms with Crippen molar-refractivity contribution in [1.82, 2.24) is 10.1 Å². The SMILES string of the molecule is CCC(C)SCc1noc(-c2cccc(F)c2C#N)n1. The number of hydrogen-bond acceptors (Lipinski definition) is 5. The van der Waals surface area contributed by atoms with Gasteiger partial charge < -0.3 is 4.52 Å². The average Bonchev–Trinajstić information content (AvgIpc) is 2.93. The third-order valence-electron chi connectivity index (χ3n) is 2.90. The molecule has 0 saturated carbocycles. The molecule has 20 heavy (non-hydrogen) atoms. The van der Waals surface area contributed by atoms with Gasteiger partial charge in [-0.05, 0) is 18.6 Å². The van der Waals surface area contributed by atoms with Gasteiger partial charge in [0, 0.05) is 5.25 Å². The highest BCUT2D eigenvalue weighted by molar-refractivity contribution is 7.99. The van der Waals surface area contributed by atoms with Crippen LogP contribution in [-0.4, -0.2) is 15.4 Å². The normalized spacial score (nSPS) is 12.1. The molecule has 4 nitrogen and oxygen atoms in total. The highest BCUT2D eigenvalue weighted by Gasteiger charge is 2.16. The summed E-state index contributed by atoms with van der Waals surface area (Å²) < 4.78 is 18.6. The molecule has 2 aromatic rings. The average molecular weight is 291 g/mol. The number of thioether (sulfide) groups is 1. The maximum atomic E-state index is 13.5. The first-order chi connectivity index (χ1) is 9.65. The Hall–Kier alpha value is -1.87. The molecule has 0 aliphatic carbocycles. The van der Waals surface area contributed by atoms with Gasteiger partial charge in [0.25, 0.3) is 5.89 Å². The van der Waals surface area contributed by atoms with Gasteiger partial charge in [-0.25, -0.2) is 4.39 Å². The Morgan fingerprint density at radius 3 is 3.00 bits per heavy atom. The summed E-state index contributed by atoms with van der Waals surface area (Å²) >= 11 is 1.73. The van der Waals surface area contributed by atoms with E-state index in [0.717, 1.165) is 6.42 Å². The number of hydrogen-bond donors (Lipinski definition) is 0. The fraction of sp³-hybridized carbons (Fsp3) is 0.357. The molecule has 1 heterocycles. The first-order valence-corrected chi connectivity index (χ1v) is 7.33. The quantitative estimate of drug-likeness (QED) is 0.839. The molecule has 1 unspecified atom stereocenters. The molecular weight excluding hydrogens is 277 g/mol. The fourth-order valence-electron chi connectivity index (χ4n) is 1.57. The van der Waals surface area contributed by atoms with E-state index < -0.39 is 5.82 Å². The van der Waals surface area contributed by atoms with Gasteiger partial charge in [-0.3, -0.25) is 0 Å². The monoisotopic (exact) mass is 291 g/mol.